The Morgan fingerprint density at radius 3 is 1.66 bits per heavy atom. The number of imide groups is 1. The zero-order valence-electron chi connectivity index (χ0n) is 49.9. The molecule has 0 atom stereocenters. The number of piperazine rings is 2. The van der Waals surface area contributed by atoms with Crippen LogP contribution in [-0.2, 0) is 46.2 Å². The number of esters is 2. The zero-order valence-corrected chi connectivity index (χ0v) is 49.9. The van der Waals surface area contributed by atoms with Crippen LogP contribution in [0.5, 0.6) is 5.88 Å². The number of hydrogen-bond donors (Lipinski definition) is 3. The molecule has 6 heterocycles. The van der Waals surface area contributed by atoms with Crippen molar-refractivity contribution in [1.82, 2.24) is 24.6 Å². The summed E-state index contributed by atoms with van der Waals surface area (Å²) >= 11 is 0. The third-order valence-electron chi connectivity index (χ3n) is 16.3. The predicted octanol–water partition coefficient (Wildman–Crippen LogP) is 7.25. The highest BCUT2D eigenvalue weighted by Crippen LogP contribution is 2.42. The summed E-state index contributed by atoms with van der Waals surface area (Å²) in [6.45, 7) is 11.5. The molecule has 20 nitrogen and oxygen atoms in total. The third kappa shape index (κ3) is 13.3. The highest BCUT2D eigenvalue weighted by atomic mass is 16.5. The lowest BCUT2D eigenvalue weighted by Crippen LogP contribution is -2.48. The summed E-state index contributed by atoms with van der Waals surface area (Å²) in [5, 5.41) is 11.8. The van der Waals surface area contributed by atoms with Gasteiger partial charge in [-0.1, -0.05) is 72.8 Å². The highest BCUT2D eigenvalue weighted by Gasteiger charge is 2.39. The molecule has 0 spiro atoms. The molecule has 0 unspecified atom stereocenters. The first kappa shape index (κ1) is 60.6. The van der Waals surface area contributed by atoms with Crippen molar-refractivity contribution in [3.8, 4) is 5.88 Å². The fraction of sp³-hybridized carbons (Fsp3) is 0.299. The fourth-order valence-electron chi connectivity index (χ4n) is 11.6. The topological polar surface area (TPSA) is 227 Å². The Balaban J connectivity index is 0.000000156. The number of nitrogens with one attached hydrogen (secondary N) is 1. The van der Waals surface area contributed by atoms with Crippen molar-refractivity contribution in [2.24, 2.45) is 4.99 Å². The molecule has 450 valence electrons. The third-order valence-corrected chi connectivity index (χ3v) is 16.3. The van der Waals surface area contributed by atoms with E-state index in [2.05, 4.69) is 38.7 Å². The summed E-state index contributed by atoms with van der Waals surface area (Å²) < 4.78 is 15.1. The molecular formula is C67H72N10O10. The van der Waals surface area contributed by atoms with Crippen LogP contribution in [-0.4, -0.2) is 185 Å². The number of nitrogens with two attached hydrogens (primary N) is 1. The van der Waals surface area contributed by atoms with Crippen LogP contribution in [0.1, 0.15) is 61.0 Å². The van der Waals surface area contributed by atoms with Crippen LogP contribution in [0.25, 0.3) is 22.2 Å². The van der Waals surface area contributed by atoms with Crippen LogP contribution in [0.4, 0.5) is 28.4 Å². The van der Waals surface area contributed by atoms with E-state index < -0.39 is 23.8 Å². The molecule has 2 saturated heterocycles. The molecule has 4 amide bonds. The molecule has 7 aromatic rings. The number of aromatic amines is 1. The van der Waals surface area contributed by atoms with Crippen molar-refractivity contribution in [3.63, 3.8) is 0 Å². The second-order valence-electron chi connectivity index (χ2n) is 22.0. The van der Waals surface area contributed by atoms with Gasteiger partial charge in [0.05, 0.1) is 73.8 Å². The van der Waals surface area contributed by atoms with E-state index in [1.807, 2.05) is 107 Å². The van der Waals surface area contributed by atoms with Gasteiger partial charge in [0.25, 0.3) is 5.91 Å². The summed E-state index contributed by atoms with van der Waals surface area (Å²) in [6, 6.07) is 40.4. The number of anilines is 4. The van der Waals surface area contributed by atoms with Crippen LogP contribution >= 0.6 is 0 Å². The number of aromatic nitrogens is 1. The standard InChI is InChI=1S/C32H33N5O4.C20H17NO5.C15H22N4O/c1-35-14-16-36(17-15-35)20-28(38)37-13-12-22-18-24(9-11-27(22)37)33-30(21-6-4-3-5-7-21)29-25-10-8-23(32(40)41-2)19-26(25)34-31(29)39;1-12(22)21-16-11-14(20(24)26-3)9-10-15(16)17(19(21)23)18(25-2)13-7-5-4-6-8-13;1-17-6-8-18(9-7-17)11-15(20)19-5-4-12-10-13(16)2-3-14(12)19/h3-11,18-19,34,39H,12-17,20H2,1-2H3;4-11H,1-3H3;2-3,10H,4-9,11,16H2,1H3/b;18-17-;. The molecule has 1 aromatic heterocycles. The number of rotatable bonds is 11. The Morgan fingerprint density at radius 1 is 0.575 bits per heavy atom. The molecule has 5 aliphatic rings. The number of ether oxygens (including phenoxy) is 3. The quantitative estimate of drug-likeness (QED) is 0.0381. The second-order valence-corrected chi connectivity index (χ2v) is 22.0. The number of nitrogens with zero attached hydrogens (tertiary/aromatic N) is 8. The van der Waals surface area contributed by atoms with Gasteiger partial charge in [0.2, 0.25) is 17.7 Å². The average Bonchev–Trinajstić information content (AvgIpc) is 1.79. The lowest BCUT2D eigenvalue weighted by Gasteiger charge is -2.32. The molecule has 0 bridgehead atoms. The fourth-order valence-corrected chi connectivity index (χ4v) is 11.6. The van der Waals surface area contributed by atoms with E-state index in [1.54, 1.807) is 30.3 Å². The smallest absolute Gasteiger partial charge is 0.337 e. The van der Waals surface area contributed by atoms with E-state index >= 15 is 0 Å². The average molecular weight is 1180 g/mol. The maximum Gasteiger partial charge on any atom is 0.337 e. The molecule has 6 aromatic carbocycles. The van der Waals surface area contributed by atoms with Crippen molar-refractivity contribution in [2.75, 3.05) is 134 Å². The van der Waals surface area contributed by atoms with Gasteiger partial charge in [-0.15, -0.1) is 0 Å². The minimum atomic E-state index is -0.545. The molecule has 87 heavy (non-hydrogen) atoms. The van der Waals surface area contributed by atoms with Gasteiger partial charge < -0.3 is 49.6 Å². The van der Waals surface area contributed by atoms with Crippen molar-refractivity contribution >= 4 is 92.0 Å². The van der Waals surface area contributed by atoms with Crippen LogP contribution in [0, 0.1) is 0 Å². The molecule has 0 aliphatic carbocycles. The number of amides is 4. The Hall–Kier alpha value is -9.47. The predicted molar refractivity (Wildman–Crippen MR) is 337 cm³/mol. The van der Waals surface area contributed by atoms with Gasteiger partial charge >= 0.3 is 11.9 Å². The number of benzene rings is 6. The first-order valence-corrected chi connectivity index (χ1v) is 29.0. The van der Waals surface area contributed by atoms with Gasteiger partial charge in [-0.3, -0.25) is 29.0 Å². The van der Waals surface area contributed by atoms with Crippen LogP contribution < -0.4 is 20.4 Å². The summed E-state index contributed by atoms with van der Waals surface area (Å²) in [4.78, 5) is 96.6. The van der Waals surface area contributed by atoms with Crippen LogP contribution in [0.3, 0.4) is 0 Å². The number of likely N-dealkylation sites (N-methyl/N-ethyl adjacent to an activating group) is 2. The van der Waals surface area contributed by atoms with Crippen LogP contribution in [0.15, 0.2) is 138 Å². The molecule has 20 heteroatoms. The van der Waals surface area contributed by atoms with Crippen molar-refractivity contribution in [2.45, 2.75) is 19.8 Å². The summed E-state index contributed by atoms with van der Waals surface area (Å²) in [5.41, 5.74) is 16.6. The second kappa shape index (κ2) is 26.8. The molecular weight excluding hydrogens is 1100 g/mol. The molecule has 5 aliphatic heterocycles. The number of nitrogen functional groups attached to an aromatic ring is 1. The largest absolute Gasteiger partial charge is 0.495 e. The molecule has 12 rings (SSSR count). The number of carbonyl (C=O) groups is 6. The van der Waals surface area contributed by atoms with E-state index in [0.717, 1.165) is 116 Å². The van der Waals surface area contributed by atoms with E-state index in [9.17, 15) is 33.9 Å². The lowest BCUT2D eigenvalue weighted by atomic mass is 10.00. The molecule has 4 N–H and O–H groups in total. The monoisotopic (exact) mass is 1180 g/mol. The Morgan fingerprint density at radius 2 is 1.10 bits per heavy atom. The van der Waals surface area contributed by atoms with Crippen molar-refractivity contribution in [1.29, 1.82) is 0 Å². The first-order valence-electron chi connectivity index (χ1n) is 29.0. The molecule has 2 fully saturated rings. The van der Waals surface area contributed by atoms with Crippen LogP contribution in [0.2, 0.25) is 0 Å². The molecule has 0 radical (unpaired) electrons. The Bertz CT molecular complexity index is 3810. The SMILES string of the molecule is CN1CCN(CC(=O)N2CCc3cc(N)ccc32)CC1.COC(=O)c1ccc2c(C(=Nc3ccc4c(c3)CCN4C(=O)CN3CCN(C)CC3)c3ccccc3)c(O)[nH]c2c1.COC(=O)c1ccc2c(c1)N(C(C)=O)C(=O)/C2=C(\OC)c1ccccc1. The van der Waals surface area contributed by atoms with Gasteiger partial charge in [0, 0.05) is 117 Å². The number of fused-ring (bicyclic) bond motifs is 4. The zero-order chi connectivity index (χ0) is 61.5. The van der Waals surface area contributed by atoms with Gasteiger partial charge in [-0.25, -0.2) is 19.5 Å². The minimum absolute atomic E-state index is 0.0357. The van der Waals surface area contributed by atoms with E-state index in [0.29, 0.717) is 64.6 Å². The van der Waals surface area contributed by atoms with Crippen molar-refractivity contribution < 1.29 is 48.1 Å². The number of methoxy groups -OCH3 is 3. The maximum absolute atomic E-state index is 13.2. The first-order chi connectivity index (χ1) is 42.0. The lowest BCUT2D eigenvalue weighted by molar-refractivity contribution is -0.122. The number of aliphatic imine (C=N–C) groups is 1. The van der Waals surface area contributed by atoms with E-state index in [-0.39, 0.29) is 28.8 Å². The molecule has 0 saturated carbocycles. The Kier molecular flexibility index (Phi) is 18.7. The number of aromatic hydroxyl groups is 1. The summed E-state index contributed by atoms with van der Waals surface area (Å²) in [7, 11) is 8.32. The normalized spacial score (nSPS) is 16.7. The number of carbonyl (C=O) groups excluding carboxylic acids is 6. The van der Waals surface area contributed by atoms with E-state index in [1.165, 1.54) is 39.9 Å². The number of H-pyrrole nitrogens is 1. The van der Waals surface area contributed by atoms with Gasteiger partial charge in [-0.05, 0) is 98.7 Å². The summed E-state index contributed by atoms with van der Waals surface area (Å²) in [6.07, 6.45) is 1.68. The van der Waals surface area contributed by atoms with Gasteiger partial charge in [0.15, 0.2) is 5.88 Å². The number of hydrogen-bond acceptors (Lipinski definition) is 16. The van der Waals surface area contributed by atoms with Gasteiger partial charge in [-0.2, -0.15) is 0 Å². The minimum Gasteiger partial charge on any atom is -0.495 e. The summed E-state index contributed by atoms with van der Waals surface area (Å²) in [5.74, 6) is -1.27. The highest BCUT2D eigenvalue weighted by molar-refractivity contribution is 6.43. The maximum atomic E-state index is 13.2. The van der Waals surface area contributed by atoms with E-state index in [4.69, 9.17) is 24.9 Å². The Labute approximate surface area is 505 Å². The van der Waals surface area contributed by atoms with Gasteiger partial charge in [0.1, 0.15) is 5.76 Å². The van der Waals surface area contributed by atoms with Crippen molar-refractivity contribution in [3.05, 3.63) is 178 Å².